The molecule has 3 heterocycles. The second-order valence-corrected chi connectivity index (χ2v) is 9.47. The molecule has 11 nitrogen and oxygen atoms in total. The van der Waals surface area contributed by atoms with Gasteiger partial charge in [0.1, 0.15) is 17.4 Å². The van der Waals surface area contributed by atoms with Crippen LogP contribution in [-0.4, -0.2) is 84.5 Å². The van der Waals surface area contributed by atoms with Crippen LogP contribution in [0.3, 0.4) is 0 Å². The molecule has 11 heteroatoms. The minimum atomic E-state index is -1.05. The highest BCUT2D eigenvalue weighted by molar-refractivity contribution is 6.25. The number of carbonyl (C=O) groups is 5. The van der Waals surface area contributed by atoms with E-state index in [1.807, 2.05) is 25.7 Å². The molecule has 5 amide bonds. The first-order chi connectivity index (χ1) is 16.0. The molecule has 0 aliphatic carbocycles. The Morgan fingerprint density at radius 2 is 1.71 bits per heavy atom. The van der Waals surface area contributed by atoms with Crippen LogP contribution in [0, 0.1) is 0 Å². The lowest BCUT2D eigenvalue weighted by Crippen LogP contribution is -2.54. The van der Waals surface area contributed by atoms with Crippen molar-refractivity contribution in [3.63, 3.8) is 0 Å². The van der Waals surface area contributed by atoms with Crippen LogP contribution in [0.25, 0.3) is 0 Å². The number of hydrogen-bond donors (Lipinski definition) is 1. The summed E-state index contributed by atoms with van der Waals surface area (Å²) in [7, 11) is 1.41. The van der Waals surface area contributed by atoms with Crippen LogP contribution in [0.15, 0.2) is 12.1 Å². The van der Waals surface area contributed by atoms with Gasteiger partial charge in [0.15, 0.2) is 0 Å². The van der Waals surface area contributed by atoms with Crippen molar-refractivity contribution in [3.05, 3.63) is 23.3 Å². The zero-order valence-electron chi connectivity index (χ0n) is 19.7. The monoisotopic (exact) mass is 472 g/mol. The Hall–Kier alpha value is -3.63. The average molecular weight is 472 g/mol. The molecule has 0 bridgehead atoms. The van der Waals surface area contributed by atoms with Crippen molar-refractivity contribution in [2.45, 2.75) is 45.3 Å². The maximum atomic E-state index is 13.2. The summed E-state index contributed by atoms with van der Waals surface area (Å²) in [6.45, 7) is 7.31. The third-order valence-corrected chi connectivity index (χ3v) is 6.01. The summed E-state index contributed by atoms with van der Waals surface area (Å²) in [5.74, 6) is -2.07. The SMILES string of the molecule is COc1cc(N2CCN(C(=O)OC(C)(C)C)CC2)cc2c1C(=O)N(C1CCC(=O)NC1=O)C2=O. The van der Waals surface area contributed by atoms with E-state index in [1.165, 1.54) is 7.11 Å². The standard InChI is InChI=1S/C23H28N4O7/c1-23(2,3)34-22(32)26-9-7-25(8-10-26)13-11-14-18(16(12-13)33-4)21(31)27(20(14)30)15-5-6-17(28)24-19(15)29/h11-12,15H,5-10H2,1-4H3,(H,24,28,29). The van der Waals surface area contributed by atoms with Gasteiger partial charge < -0.3 is 19.3 Å². The number of nitrogens with zero attached hydrogens (tertiary/aromatic N) is 3. The predicted octanol–water partition coefficient (Wildman–Crippen LogP) is 1.15. The van der Waals surface area contributed by atoms with Crippen LogP contribution >= 0.6 is 0 Å². The van der Waals surface area contributed by atoms with Crippen LogP contribution in [0.2, 0.25) is 0 Å². The highest BCUT2D eigenvalue weighted by Gasteiger charge is 2.46. The molecule has 0 radical (unpaired) electrons. The van der Waals surface area contributed by atoms with Crippen molar-refractivity contribution < 1.29 is 33.4 Å². The van der Waals surface area contributed by atoms with Gasteiger partial charge in [-0.1, -0.05) is 0 Å². The molecule has 2 saturated heterocycles. The van der Waals surface area contributed by atoms with Gasteiger partial charge in [-0.15, -0.1) is 0 Å². The van der Waals surface area contributed by atoms with E-state index >= 15 is 0 Å². The highest BCUT2D eigenvalue weighted by Crippen LogP contribution is 2.37. The Balaban J connectivity index is 1.55. The molecule has 1 unspecified atom stereocenters. The smallest absolute Gasteiger partial charge is 0.410 e. The Morgan fingerprint density at radius 3 is 2.29 bits per heavy atom. The maximum absolute atomic E-state index is 13.2. The number of amides is 5. The molecule has 1 atom stereocenters. The molecular formula is C23H28N4O7. The van der Waals surface area contributed by atoms with Gasteiger partial charge in [-0.2, -0.15) is 0 Å². The zero-order valence-corrected chi connectivity index (χ0v) is 19.7. The minimum absolute atomic E-state index is 0.0497. The molecule has 0 spiro atoms. The van der Waals surface area contributed by atoms with Gasteiger partial charge in [0.25, 0.3) is 11.8 Å². The van der Waals surface area contributed by atoms with Crippen molar-refractivity contribution in [1.82, 2.24) is 15.1 Å². The zero-order chi connectivity index (χ0) is 24.8. The van der Waals surface area contributed by atoms with Gasteiger partial charge in [-0.25, -0.2) is 4.79 Å². The third kappa shape index (κ3) is 4.29. The maximum Gasteiger partial charge on any atom is 0.410 e. The molecule has 0 aromatic heterocycles. The fourth-order valence-electron chi connectivity index (χ4n) is 4.36. The molecule has 4 rings (SSSR count). The molecule has 182 valence electrons. The summed E-state index contributed by atoms with van der Waals surface area (Å²) < 4.78 is 10.9. The van der Waals surface area contributed by atoms with E-state index in [-0.39, 0.29) is 35.8 Å². The van der Waals surface area contributed by atoms with Crippen molar-refractivity contribution in [1.29, 1.82) is 0 Å². The van der Waals surface area contributed by atoms with Crippen molar-refractivity contribution in [2.24, 2.45) is 0 Å². The second kappa shape index (κ2) is 8.62. The summed E-state index contributed by atoms with van der Waals surface area (Å²) in [6.07, 6.45) is -0.245. The molecule has 1 aromatic rings. The molecule has 34 heavy (non-hydrogen) atoms. The van der Waals surface area contributed by atoms with Crippen molar-refractivity contribution in [2.75, 3.05) is 38.2 Å². The number of carbonyl (C=O) groups excluding carboxylic acids is 5. The number of rotatable bonds is 3. The van der Waals surface area contributed by atoms with Gasteiger partial charge in [-0.3, -0.25) is 29.4 Å². The van der Waals surface area contributed by atoms with Crippen LogP contribution in [0.5, 0.6) is 5.75 Å². The molecule has 1 aromatic carbocycles. The molecular weight excluding hydrogens is 444 g/mol. The first-order valence-corrected chi connectivity index (χ1v) is 11.2. The number of piperazine rings is 1. The lowest BCUT2D eigenvalue weighted by molar-refractivity contribution is -0.136. The Kier molecular flexibility index (Phi) is 5.96. The number of hydrogen-bond acceptors (Lipinski definition) is 8. The van der Waals surface area contributed by atoms with E-state index in [0.29, 0.717) is 31.9 Å². The van der Waals surface area contributed by atoms with Crippen LogP contribution < -0.4 is 15.0 Å². The molecule has 2 fully saturated rings. The van der Waals surface area contributed by atoms with E-state index in [1.54, 1.807) is 17.0 Å². The van der Waals surface area contributed by atoms with E-state index in [9.17, 15) is 24.0 Å². The predicted molar refractivity (Wildman–Crippen MR) is 120 cm³/mol. The summed E-state index contributed by atoms with van der Waals surface area (Å²) >= 11 is 0. The second-order valence-electron chi connectivity index (χ2n) is 9.47. The number of piperidine rings is 1. The summed E-state index contributed by atoms with van der Waals surface area (Å²) in [5.41, 5.74) is 0.348. The Labute approximate surface area is 196 Å². The van der Waals surface area contributed by atoms with E-state index in [2.05, 4.69) is 5.32 Å². The first kappa shape index (κ1) is 23.5. The number of anilines is 1. The largest absolute Gasteiger partial charge is 0.496 e. The van der Waals surface area contributed by atoms with Gasteiger partial charge in [0.2, 0.25) is 11.8 Å². The summed E-state index contributed by atoms with van der Waals surface area (Å²) in [5, 5.41) is 2.19. The minimum Gasteiger partial charge on any atom is -0.496 e. The van der Waals surface area contributed by atoms with E-state index in [4.69, 9.17) is 9.47 Å². The van der Waals surface area contributed by atoms with Gasteiger partial charge in [-0.05, 0) is 33.3 Å². The van der Waals surface area contributed by atoms with E-state index in [0.717, 1.165) is 4.90 Å². The van der Waals surface area contributed by atoms with Crippen LogP contribution in [-0.2, 0) is 14.3 Å². The van der Waals surface area contributed by atoms with Gasteiger partial charge >= 0.3 is 6.09 Å². The number of benzene rings is 1. The van der Waals surface area contributed by atoms with Crippen molar-refractivity contribution >= 4 is 35.4 Å². The van der Waals surface area contributed by atoms with E-state index < -0.39 is 35.3 Å². The lowest BCUT2D eigenvalue weighted by Gasteiger charge is -2.37. The normalized spacial score (nSPS) is 20.9. The lowest BCUT2D eigenvalue weighted by atomic mass is 10.0. The number of methoxy groups -OCH3 is 1. The molecule has 3 aliphatic rings. The first-order valence-electron chi connectivity index (χ1n) is 11.2. The third-order valence-electron chi connectivity index (χ3n) is 6.01. The summed E-state index contributed by atoms with van der Waals surface area (Å²) in [4.78, 5) is 67.0. The van der Waals surface area contributed by atoms with Crippen LogP contribution in [0.1, 0.15) is 54.3 Å². The van der Waals surface area contributed by atoms with Gasteiger partial charge in [0.05, 0.1) is 18.2 Å². The highest BCUT2D eigenvalue weighted by atomic mass is 16.6. The fourth-order valence-corrected chi connectivity index (χ4v) is 4.36. The Morgan fingerprint density at radius 1 is 1.03 bits per heavy atom. The molecule has 3 aliphatic heterocycles. The topological polar surface area (TPSA) is 126 Å². The number of nitrogens with one attached hydrogen (secondary N) is 1. The summed E-state index contributed by atoms with van der Waals surface area (Å²) in [6, 6.07) is 2.25. The quantitative estimate of drug-likeness (QED) is 0.650. The van der Waals surface area contributed by atoms with Gasteiger partial charge in [0, 0.05) is 44.4 Å². The fraction of sp³-hybridized carbons (Fsp3) is 0.522. The van der Waals surface area contributed by atoms with Crippen LogP contribution in [0.4, 0.5) is 10.5 Å². The molecule has 0 saturated carbocycles. The average Bonchev–Trinajstić information content (AvgIpc) is 3.02. The molecule has 1 N–H and O–H groups in total. The van der Waals surface area contributed by atoms with Crippen molar-refractivity contribution in [3.8, 4) is 5.75 Å². The number of ether oxygens (including phenoxy) is 2. The Bertz CT molecular complexity index is 1070. The number of imide groups is 2. The number of fused-ring (bicyclic) bond motifs is 1.